The molecule has 5 aromatic rings. The number of piperidine rings is 1. The van der Waals surface area contributed by atoms with E-state index < -0.39 is 32.4 Å². The lowest BCUT2D eigenvalue weighted by atomic mass is 9.80. The lowest BCUT2D eigenvalue weighted by Gasteiger charge is -2.48. The molecule has 14 nitrogen and oxygen atoms in total. The third-order valence-electron chi connectivity index (χ3n) is 15.1. The first-order chi connectivity index (χ1) is 34.4. The third kappa shape index (κ3) is 11.5. The van der Waals surface area contributed by atoms with Gasteiger partial charge in [0.15, 0.2) is 11.5 Å². The number of carbonyl (C=O) groups excluding carboxylic acids is 1. The van der Waals surface area contributed by atoms with E-state index in [0.29, 0.717) is 62.6 Å². The number of allylic oxidation sites excluding steroid dienone is 1. The molecule has 4 aliphatic rings. The summed E-state index contributed by atoms with van der Waals surface area (Å²) in [6.45, 7) is 13.1. The summed E-state index contributed by atoms with van der Waals surface area (Å²) in [5, 5.41) is 26.0. The van der Waals surface area contributed by atoms with Gasteiger partial charge in [0.2, 0.25) is 0 Å². The first-order valence-corrected chi connectivity index (χ1v) is 26.7. The van der Waals surface area contributed by atoms with Crippen molar-refractivity contribution in [2.45, 2.75) is 108 Å². The Bertz CT molecular complexity index is 2930. The lowest BCUT2D eigenvalue weighted by molar-refractivity contribution is -0.751. The van der Waals surface area contributed by atoms with E-state index in [1.807, 2.05) is 19.1 Å². The largest absolute Gasteiger partial charge is 0.629 e. The number of nitrogens with one attached hydrogen (secondary N) is 3. The van der Waals surface area contributed by atoms with Crippen LogP contribution in [0.25, 0.3) is 5.83 Å². The Balaban J connectivity index is 0.933. The minimum atomic E-state index is -4.56. The Morgan fingerprint density at radius 3 is 2.47 bits per heavy atom. The van der Waals surface area contributed by atoms with Gasteiger partial charge in [-0.2, -0.15) is 0 Å². The fraction of sp³-hybridized carbons (Fsp3) is 0.436. The van der Waals surface area contributed by atoms with Crippen molar-refractivity contribution in [3.63, 3.8) is 0 Å². The van der Waals surface area contributed by atoms with Crippen molar-refractivity contribution in [1.82, 2.24) is 24.5 Å². The number of benzene rings is 3. The van der Waals surface area contributed by atoms with Crippen molar-refractivity contribution in [3.05, 3.63) is 141 Å². The van der Waals surface area contributed by atoms with E-state index in [1.165, 1.54) is 48.6 Å². The number of hydrogen-bond acceptors (Lipinski definition) is 12. The molecule has 4 heterocycles. The van der Waals surface area contributed by atoms with Crippen LogP contribution in [0.1, 0.15) is 115 Å². The summed E-state index contributed by atoms with van der Waals surface area (Å²) in [5.41, 5.74) is 5.12. The molecule has 3 aromatic carbocycles. The van der Waals surface area contributed by atoms with Crippen LogP contribution >= 0.6 is 0 Å². The van der Waals surface area contributed by atoms with Crippen molar-refractivity contribution in [3.8, 4) is 11.5 Å². The number of piperazine rings is 1. The minimum absolute atomic E-state index is 0.0488. The molecule has 0 radical (unpaired) electrons. The number of pyridine rings is 2. The number of sulfonamides is 1. The zero-order chi connectivity index (χ0) is 50.9. The number of amides is 1. The number of aromatic nitrogens is 2. The second-order valence-corrected chi connectivity index (χ2v) is 22.3. The van der Waals surface area contributed by atoms with Crippen molar-refractivity contribution in [2.75, 3.05) is 56.5 Å². The van der Waals surface area contributed by atoms with E-state index in [9.17, 15) is 32.3 Å². The highest BCUT2D eigenvalue weighted by Crippen LogP contribution is 2.39. The molecular weight excluding hydrogens is 939 g/mol. The summed E-state index contributed by atoms with van der Waals surface area (Å²) < 4.78 is 65.8. The van der Waals surface area contributed by atoms with E-state index in [0.717, 1.165) is 62.8 Å². The molecule has 1 amide bonds. The van der Waals surface area contributed by atoms with E-state index >= 15 is 0 Å². The van der Waals surface area contributed by atoms with Gasteiger partial charge >= 0.3 is 0 Å². The maximum atomic E-state index is 14.8. The van der Waals surface area contributed by atoms with Gasteiger partial charge < -0.3 is 30.3 Å². The molecule has 2 saturated heterocycles. The molecular formula is C55H66F2N8O6S. The second kappa shape index (κ2) is 21.3. The molecule has 0 spiro atoms. The fourth-order valence-electron chi connectivity index (χ4n) is 10.8. The van der Waals surface area contributed by atoms with E-state index in [1.54, 1.807) is 25.1 Å². The number of ether oxygens (including phenoxy) is 1. The van der Waals surface area contributed by atoms with Crippen LogP contribution in [-0.2, 0) is 23.0 Å². The van der Waals surface area contributed by atoms with Crippen molar-refractivity contribution in [2.24, 2.45) is 5.92 Å². The van der Waals surface area contributed by atoms with Gasteiger partial charge in [-0.25, -0.2) is 26.9 Å². The second-order valence-electron chi connectivity index (χ2n) is 20.7. The van der Waals surface area contributed by atoms with Crippen LogP contribution in [0.4, 0.5) is 26.0 Å². The number of anilines is 2. The Kier molecular flexibility index (Phi) is 15.1. The van der Waals surface area contributed by atoms with Gasteiger partial charge in [0.1, 0.15) is 28.0 Å². The van der Waals surface area contributed by atoms with Crippen molar-refractivity contribution < 1.29 is 36.9 Å². The highest BCUT2D eigenvalue weighted by molar-refractivity contribution is 7.90. The Labute approximate surface area is 421 Å². The number of aryl methyl sites for hydroxylation is 1. The van der Waals surface area contributed by atoms with Crippen LogP contribution in [0.15, 0.2) is 96.2 Å². The maximum Gasteiger partial charge on any atom is 0.268 e. The minimum Gasteiger partial charge on any atom is -0.629 e. The molecule has 72 heavy (non-hydrogen) atoms. The molecule has 382 valence electrons. The van der Waals surface area contributed by atoms with Gasteiger partial charge in [-0.3, -0.25) is 19.6 Å². The monoisotopic (exact) mass is 1000 g/mol. The molecule has 2 atom stereocenters. The van der Waals surface area contributed by atoms with Crippen molar-refractivity contribution >= 4 is 38.9 Å². The van der Waals surface area contributed by atoms with Gasteiger partial charge in [0.05, 0.1) is 36.3 Å². The predicted octanol–water partition coefficient (Wildman–Crippen LogP) is 8.35. The molecule has 4 N–H and O–H groups in total. The summed E-state index contributed by atoms with van der Waals surface area (Å²) in [7, 11) is -3.24. The van der Waals surface area contributed by atoms with E-state index in [4.69, 9.17) is 4.74 Å². The molecule has 2 unspecified atom stereocenters. The zero-order valence-corrected chi connectivity index (χ0v) is 42.6. The van der Waals surface area contributed by atoms with Crippen LogP contribution < -0.4 is 24.7 Å². The summed E-state index contributed by atoms with van der Waals surface area (Å²) in [6, 6.07) is 22.4. The molecule has 17 heteroatoms. The summed E-state index contributed by atoms with van der Waals surface area (Å²) >= 11 is 0. The van der Waals surface area contributed by atoms with Gasteiger partial charge in [-0.05, 0) is 117 Å². The Morgan fingerprint density at radius 1 is 0.972 bits per heavy atom. The SMILES string of the molecule is Cc1ccc(CN2CCN(C3CCN(c4ccc(C(=O)NS(=O)(=O)c5cnc(NCC6CCC(C)(O)CC6)c([NH+](C)[O-])c5)c(Oc5cnc6c(c5)C(F)=CC6)c4)CC3)C(c3ccccc3C(C)C)C2)cc1F. The molecule has 0 bridgehead atoms. The molecule has 1 saturated carbocycles. The normalized spacial score (nSPS) is 21.6. The number of quaternary nitrogens is 1. The maximum absolute atomic E-state index is 14.8. The topological polar surface area (TPSA) is 168 Å². The molecule has 3 fully saturated rings. The van der Waals surface area contributed by atoms with Crippen LogP contribution in [0, 0.1) is 23.9 Å². The van der Waals surface area contributed by atoms with Crippen LogP contribution in [0.2, 0.25) is 0 Å². The number of nitrogens with zero attached hydrogens (tertiary/aromatic N) is 5. The van der Waals surface area contributed by atoms with Gasteiger partial charge in [0, 0.05) is 87.7 Å². The lowest BCUT2D eigenvalue weighted by Crippen LogP contribution is -2.98. The summed E-state index contributed by atoms with van der Waals surface area (Å²) in [4.78, 5) is 29.8. The fourth-order valence-corrected chi connectivity index (χ4v) is 11.7. The molecule has 2 aliphatic carbocycles. The quantitative estimate of drug-likeness (QED) is 0.0742. The van der Waals surface area contributed by atoms with Crippen LogP contribution in [0.3, 0.4) is 0 Å². The standard InChI is InChI=1S/C55H66F2N8O6S/c1-35(2)43-8-6-7-9-44(43)51-34-63(33-38-11-10-36(3)48(57)26-38)24-25-65(51)39-18-22-64(23-19-39)40-12-13-45(52(27-40)71-41-28-46-47(56)14-15-49(46)58-31-41)54(66)61-72(69,70)42-29-50(62(5)68)53(60-32-42)59-30-37-16-20-55(4,67)21-17-37/h6-14,26-29,31-32,35,37,39,51,62,67H,15-25,30,33-34H2,1-5H3,(H,59,60)(H,61,66). The van der Waals surface area contributed by atoms with Gasteiger partial charge in [-0.1, -0.05) is 50.2 Å². The number of halogens is 2. The molecule has 9 rings (SSSR count). The van der Waals surface area contributed by atoms with Crippen LogP contribution in [0.5, 0.6) is 11.5 Å². The number of carbonyl (C=O) groups is 1. The molecule has 2 aliphatic heterocycles. The van der Waals surface area contributed by atoms with Crippen molar-refractivity contribution in [1.29, 1.82) is 0 Å². The Hall–Kier alpha value is -5.82. The summed E-state index contributed by atoms with van der Waals surface area (Å²) in [5.74, 6) is -0.555. The average Bonchev–Trinajstić information content (AvgIpc) is 3.73. The first-order valence-electron chi connectivity index (χ1n) is 25.2. The Morgan fingerprint density at radius 2 is 1.74 bits per heavy atom. The zero-order valence-electron chi connectivity index (χ0n) is 41.8. The van der Waals surface area contributed by atoms with E-state index in [2.05, 4.69) is 72.8 Å². The first kappa shape index (κ1) is 51.1. The van der Waals surface area contributed by atoms with Gasteiger partial charge in [-0.15, -0.1) is 0 Å². The highest BCUT2D eigenvalue weighted by atomic mass is 32.2. The molecule has 2 aromatic heterocycles. The van der Waals surface area contributed by atoms with Gasteiger partial charge in [0.25, 0.3) is 15.9 Å². The van der Waals surface area contributed by atoms with E-state index in [-0.39, 0.29) is 62.8 Å². The van der Waals surface area contributed by atoms with Crippen LogP contribution in [-0.4, -0.2) is 97.2 Å². The number of fused-ring (bicyclic) bond motifs is 1. The average molecular weight is 1010 g/mol. The summed E-state index contributed by atoms with van der Waals surface area (Å²) in [6.07, 6.45) is 8.97. The third-order valence-corrected chi connectivity index (χ3v) is 16.4. The smallest absolute Gasteiger partial charge is 0.268 e. The number of aliphatic hydroxyl groups is 1. The highest BCUT2D eigenvalue weighted by Gasteiger charge is 2.37. The number of hydroxylamine groups is 1. The number of rotatable bonds is 15. The number of hydrogen-bond donors (Lipinski definition) is 4. The predicted molar refractivity (Wildman–Crippen MR) is 275 cm³/mol.